The highest BCUT2D eigenvalue weighted by molar-refractivity contribution is 6.30. The highest BCUT2D eigenvalue weighted by atomic mass is 35.5. The van der Waals surface area contributed by atoms with Crippen molar-refractivity contribution in [3.8, 4) is 0 Å². The van der Waals surface area contributed by atoms with Crippen LogP contribution in [0.5, 0.6) is 0 Å². The monoisotopic (exact) mass is 331 g/mol. The molecule has 2 aromatic carbocycles. The van der Waals surface area contributed by atoms with Crippen LogP contribution in [-0.2, 0) is 9.59 Å². The average Bonchev–Trinajstić information content (AvgIpc) is 2.56. The van der Waals surface area contributed by atoms with Gasteiger partial charge in [0.15, 0.2) is 0 Å². The van der Waals surface area contributed by atoms with Gasteiger partial charge in [-0.15, -0.1) is 0 Å². The van der Waals surface area contributed by atoms with Crippen LogP contribution in [0.25, 0.3) is 0 Å². The van der Waals surface area contributed by atoms with Crippen molar-refractivity contribution in [1.29, 1.82) is 0 Å². The first-order valence-electron chi connectivity index (χ1n) is 7.26. The second kappa shape index (κ2) is 8.19. The molecule has 0 spiro atoms. The van der Waals surface area contributed by atoms with E-state index in [0.717, 1.165) is 11.4 Å². The summed E-state index contributed by atoms with van der Waals surface area (Å²) < 4.78 is 0. The highest BCUT2D eigenvalue weighted by Crippen LogP contribution is 2.15. The summed E-state index contributed by atoms with van der Waals surface area (Å²) in [6, 6.07) is 14.1. The van der Waals surface area contributed by atoms with Crippen LogP contribution in [0.3, 0.4) is 0 Å². The Labute approximate surface area is 140 Å². The summed E-state index contributed by atoms with van der Waals surface area (Å²) in [5, 5.41) is 9.17. The lowest BCUT2D eigenvalue weighted by molar-refractivity contribution is -0.116. The normalized spacial score (nSPS) is 10.0. The quantitative estimate of drug-likeness (QED) is 0.755. The van der Waals surface area contributed by atoms with Crippen molar-refractivity contribution in [3.63, 3.8) is 0 Å². The van der Waals surface area contributed by atoms with Gasteiger partial charge in [-0.2, -0.15) is 0 Å². The van der Waals surface area contributed by atoms with Crippen LogP contribution in [-0.4, -0.2) is 18.4 Å². The zero-order valence-corrected chi connectivity index (χ0v) is 13.5. The van der Waals surface area contributed by atoms with E-state index in [2.05, 4.69) is 16.0 Å². The van der Waals surface area contributed by atoms with Gasteiger partial charge in [0.2, 0.25) is 11.8 Å². The Morgan fingerprint density at radius 3 is 1.87 bits per heavy atom. The van der Waals surface area contributed by atoms with Crippen LogP contribution in [0.15, 0.2) is 48.5 Å². The van der Waals surface area contributed by atoms with E-state index in [0.29, 0.717) is 17.1 Å². The Hall–Kier alpha value is -2.53. The summed E-state index contributed by atoms with van der Waals surface area (Å²) >= 11 is 5.79. The summed E-state index contributed by atoms with van der Waals surface area (Å²) in [5.41, 5.74) is 2.22. The Balaban J connectivity index is 1.82. The fraction of sp³-hybridized carbons (Fsp3) is 0.176. The summed E-state index contributed by atoms with van der Waals surface area (Å²) in [4.78, 5) is 23.1. The number of hydrogen-bond acceptors (Lipinski definition) is 3. The van der Waals surface area contributed by atoms with Gasteiger partial charge in [0, 0.05) is 28.5 Å². The van der Waals surface area contributed by atoms with Crippen molar-refractivity contribution in [2.75, 3.05) is 22.5 Å². The molecular formula is C17H18ClN3O2. The molecule has 0 saturated carbocycles. The number of benzene rings is 2. The molecule has 0 aliphatic carbocycles. The first kappa shape index (κ1) is 16.8. The predicted octanol–water partition coefficient (Wildman–Crippen LogP) is 3.74. The van der Waals surface area contributed by atoms with Gasteiger partial charge in [0.1, 0.15) is 0 Å². The lowest BCUT2D eigenvalue weighted by Crippen LogP contribution is -2.21. The maximum atomic E-state index is 11.9. The Kier molecular flexibility index (Phi) is 6.00. The molecule has 120 valence electrons. The topological polar surface area (TPSA) is 70.2 Å². The molecule has 0 heterocycles. The molecule has 6 heteroatoms. The van der Waals surface area contributed by atoms with Gasteiger partial charge in [0.05, 0.1) is 6.54 Å². The molecule has 0 fully saturated rings. The SMILES string of the molecule is CCC(=O)Nc1ccc(NCC(=O)Nc2ccc(Cl)cc2)cc1. The van der Waals surface area contributed by atoms with E-state index in [9.17, 15) is 9.59 Å². The van der Waals surface area contributed by atoms with Crippen molar-refractivity contribution in [3.05, 3.63) is 53.6 Å². The lowest BCUT2D eigenvalue weighted by atomic mass is 10.2. The maximum absolute atomic E-state index is 11.9. The minimum Gasteiger partial charge on any atom is -0.376 e. The standard InChI is InChI=1S/C17H18ClN3O2/c1-2-16(22)20-15-9-7-13(8-10-15)19-11-17(23)21-14-5-3-12(18)4-6-14/h3-10,19H,2,11H2,1H3,(H,20,22)(H,21,23). The van der Waals surface area contributed by atoms with E-state index < -0.39 is 0 Å². The fourth-order valence-electron chi connectivity index (χ4n) is 1.84. The molecule has 3 N–H and O–H groups in total. The molecule has 0 radical (unpaired) electrons. The van der Waals surface area contributed by atoms with E-state index in [-0.39, 0.29) is 18.4 Å². The molecule has 23 heavy (non-hydrogen) atoms. The molecule has 0 unspecified atom stereocenters. The Bertz CT molecular complexity index is 669. The third-order valence-electron chi connectivity index (χ3n) is 3.07. The van der Waals surface area contributed by atoms with Crippen molar-refractivity contribution in [2.45, 2.75) is 13.3 Å². The second-order valence-corrected chi connectivity index (χ2v) is 5.32. The first-order valence-corrected chi connectivity index (χ1v) is 7.64. The number of carbonyl (C=O) groups excluding carboxylic acids is 2. The van der Waals surface area contributed by atoms with Crippen LogP contribution in [0, 0.1) is 0 Å². The van der Waals surface area contributed by atoms with Crippen molar-refractivity contribution in [2.24, 2.45) is 0 Å². The first-order chi connectivity index (χ1) is 11.1. The van der Waals surface area contributed by atoms with Gasteiger partial charge in [0.25, 0.3) is 0 Å². The number of carbonyl (C=O) groups is 2. The van der Waals surface area contributed by atoms with Crippen LogP contribution in [0.4, 0.5) is 17.1 Å². The number of amides is 2. The van der Waals surface area contributed by atoms with Crippen LogP contribution in [0.2, 0.25) is 5.02 Å². The van der Waals surface area contributed by atoms with Crippen molar-refractivity contribution < 1.29 is 9.59 Å². The molecule has 5 nitrogen and oxygen atoms in total. The molecule has 0 aliphatic heterocycles. The third-order valence-corrected chi connectivity index (χ3v) is 3.32. The zero-order chi connectivity index (χ0) is 16.7. The molecule has 0 saturated heterocycles. The summed E-state index contributed by atoms with van der Waals surface area (Å²) in [6.07, 6.45) is 0.435. The minimum absolute atomic E-state index is 0.0342. The molecule has 0 atom stereocenters. The zero-order valence-electron chi connectivity index (χ0n) is 12.7. The minimum atomic E-state index is -0.157. The van der Waals surface area contributed by atoms with Crippen LogP contribution in [0.1, 0.15) is 13.3 Å². The molecule has 2 amide bonds. The highest BCUT2D eigenvalue weighted by Gasteiger charge is 2.03. The number of anilines is 3. The number of rotatable bonds is 6. The lowest BCUT2D eigenvalue weighted by Gasteiger charge is -2.09. The van der Waals surface area contributed by atoms with Gasteiger partial charge in [-0.3, -0.25) is 9.59 Å². The number of hydrogen-bond donors (Lipinski definition) is 3. The number of halogens is 1. The Morgan fingerprint density at radius 2 is 1.30 bits per heavy atom. The van der Waals surface area contributed by atoms with Crippen LogP contribution < -0.4 is 16.0 Å². The van der Waals surface area contributed by atoms with E-state index in [1.165, 1.54) is 0 Å². The van der Waals surface area contributed by atoms with Gasteiger partial charge >= 0.3 is 0 Å². The van der Waals surface area contributed by atoms with E-state index >= 15 is 0 Å². The van der Waals surface area contributed by atoms with Gasteiger partial charge < -0.3 is 16.0 Å². The fourth-order valence-corrected chi connectivity index (χ4v) is 1.97. The molecule has 0 aliphatic rings. The van der Waals surface area contributed by atoms with Crippen LogP contribution >= 0.6 is 11.6 Å². The van der Waals surface area contributed by atoms with Gasteiger partial charge in [-0.25, -0.2) is 0 Å². The summed E-state index contributed by atoms with van der Waals surface area (Å²) in [6.45, 7) is 1.94. The van der Waals surface area contributed by atoms with Gasteiger partial charge in [-0.05, 0) is 48.5 Å². The second-order valence-electron chi connectivity index (χ2n) is 4.89. The molecule has 2 aromatic rings. The van der Waals surface area contributed by atoms with Gasteiger partial charge in [-0.1, -0.05) is 18.5 Å². The van der Waals surface area contributed by atoms with E-state index in [1.807, 2.05) is 0 Å². The molecular weight excluding hydrogens is 314 g/mol. The van der Waals surface area contributed by atoms with Crippen molar-refractivity contribution >= 4 is 40.5 Å². The van der Waals surface area contributed by atoms with E-state index in [4.69, 9.17) is 11.6 Å². The summed E-state index contributed by atoms with van der Waals surface area (Å²) in [5.74, 6) is -0.191. The average molecular weight is 332 g/mol. The molecule has 0 aromatic heterocycles. The predicted molar refractivity (Wildman–Crippen MR) is 93.9 cm³/mol. The summed E-state index contributed by atoms with van der Waals surface area (Å²) in [7, 11) is 0. The van der Waals surface area contributed by atoms with Crippen molar-refractivity contribution in [1.82, 2.24) is 0 Å². The smallest absolute Gasteiger partial charge is 0.243 e. The molecule has 2 rings (SSSR count). The Morgan fingerprint density at radius 1 is 0.826 bits per heavy atom. The molecule has 0 bridgehead atoms. The number of nitrogens with one attached hydrogen (secondary N) is 3. The van der Waals surface area contributed by atoms with E-state index in [1.54, 1.807) is 55.5 Å². The third kappa shape index (κ3) is 5.64. The largest absolute Gasteiger partial charge is 0.376 e. The maximum Gasteiger partial charge on any atom is 0.243 e.